The molecule has 3 saturated heterocycles. The Morgan fingerprint density at radius 3 is 2.43 bits per heavy atom. The van der Waals surface area contributed by atoms with E-state index in [0.717, 1.165) is 4.90 Å². The fraction of sp³-hybridized carbons (Fsp3) is 0.789. The SMILES string of the molecule is CC(C)CC(NC(=O)C1CCCN1C(=O)C1N2C(=O)CC2S(=O)(=O)C1(C)C)C(=O)O. The van der Waals surface area contributed by atoms with Crippen molar-refractivity contribution < 1.29 is 32.7 Å². The summed E-state index contributed by atoms with van der Waals surface area (Å²) in [6.45, 7) is 6.81. The number of carbonyl (C=O) groups excluding carboxylic acids is 3. The number of amides is 3. The van der Waals surface area contributed by atoms with Crippen LogP contribution in [0.15, 0.2) is 0 Å². The van der Waals surface area contributed by atoms with Crippen LogP contribution in [0, 0.1) is 5.92 Å². The molecule has 0 aromatic carbocycles. The Labute approximate surface area is 175 Å². The molecule has 3 aliphatic heterocycles. The fourth-order valence-electron chi connectivity index (χ4n) is 4.65. The number of sulfone groups is 1. The molecular weight excluding hydrogens is 414 g/mol. The van der Waals surface area contributed by atoms with E-state index in [9.17, 15) is 32.7 Å². The molecule has 3 amide bonds. The second kappa shape index (κ2) is 7.51. The van der Waals surface area contributed by atoms with Gasteiger partial charge in [-0.1, -0.05) is 13.8 Å². The quantitative estimate of drug-likeness (QED) is 0.538. The number of rotatable bonds is 6. The van der Waals surface area contributed by atoms with E-state index < -0.39 is 61.8 Å². The minimum Gasteiger partial charge on any atom is -0.480 e. The van der Waals surface area contributed by atoms with Crippen LogP contribution < -0.4 is 5.32 Å². The predicted molar refractivity (Wildman–Crippen MR) is 106 cm³/mol. The summed E-state index contributed by atoms with van der Waals surface area (Å²) in [7, 11) is -3.72. The molecule has 0 spiro atoms. The van der Waals surface area contributed by atoms with Crippen LogP contribution in [0.25, 0.3) is 0 Å². The Morgan fingerprint density at radius 1 is 1.27 bits per heavy atom. The van der Waals surface area contributed by atoms with E-state index >= 15 is 0 Å². The van der Waals surface area contributed by atoms with E-state index in [1.807, 2.05) is 13.8 Å². The lowest BCUT2D eigenvalue weighted by molar-refractivity contribution is -0.155. The molecule has 0 aromatic heterocycles. The number of likely N-dealkylation sites (tertiary alicyclic amines) is 1. The minimum atomic E-state index is -3.72. The highest BCUT2D eigenvalue weighted by atomic mass is 32.2. The van der Waals surface area contributed by atoms with Gasteiger partial charge in [0.25, 0.3) is 0 Å². The zero-order valence-corrected chi connectivity index (χ0v) is 18.4. The summed E-state index contributed by atoms with van der Waals surface area (Å²) < 4.78 is 24.1. The molecule has 0 saturated carbocycles. The first-order valence-corrected chi connectivity index (χ1v) is 11.7. The molecule has 0 aliphatic carbocycles. The van der Waals surface area contributed by atoms with Gasteiger partial charge in [-0.15, -0.1) is 0 Å². The molecule has 0 radical (unpaired) electrons. The number of hydrogen-bond donors (Lipinski definition) is 2. The average Bonchev–Trinajstić information content (AvgIpc) is 3.15. The first kappa shape index (κ1) is 22.5. The summed E-state index contributed by atoms with van der Waals surface area (Å²) in [6, 6.07) is -3.15. The van der Waals surface area contributed by atoms with Gasteiger partial charge in [0.15, 0.2) is 9.84 Å². The number of carbonyl (C=O) groups is 4. The maximum atomic E-state index is 13.4. The van der Waals surface area contributed by atoms with Crippen molar-refractivity contribution in [3.8, 4) is 0 Å². The molecule has 168 valence electrons. The lowest BCUT2D eigenvalue weighted by atomic mass is 9.96. The largest absolute Gasteiger partial charge is 0.480 e. The van der Waals surface area contributed by atoms with Gasteiger partial charge in [0, 0.05) is 6.54 Å². The third-order valence-corrected chi connectivity index (χ3v) is 9.17. The van der Waals surface area contributed by atoms with Crippen LogP contribution in [-0.4, -0.2) is 81.8 Å². The van der Waals surface area contributed by atoms with Gasteiger partial charge in [0.05, 0.1) is 11.2 Å². The fourth-order valence-corrected chi connectivity index (χ4v) is 6.78. The topological polar surface area (TPSA) is 141 Å². The Kier molecular flexibility index (Phi) is 5.63. The lowest BCUT2D eigenvalue weighted by Gasteiger charge is -2.39. The number of carboxylic acids is 1. The zero-order valence-electron chi connectivity index (χ0n) is 17.6. The normalized spacial score (nSPS) is 30.0. The molecule has 3 heterocycles. The van der Waals surface area contributed by atoms with Crippen molar-refractivity contribution in [1.29, 1.82) is 0 Å². The number of hydrogen-bond acceptors (Lipinski definition) is 6. The van der Waals surface area contributed by atoms with Crippen molar-refractivity contribution in [3.05, 3.63) is 0 Å². The summed E-state index contributed by atoms with van der Waals surface area (Å²) in [5.41, 5.74) is 0. The molecule has 3 fully saturated rings. The van der Waals surface area contributed by atoms with Gasteiger partial charge in [-0.3, -0.25) is 14.4 Å². The third kappa shape index (κ3) is 3.36. The van der Waals surface area contributed by atoms with Gasteiger partial charge in [0.2, 0.25) is 17.7 Å². The molecule has 3 rings (SSSR count). The van der Waals surface area contributed by atoms with E-state index in [-0.39, 0.29) is 25.3 Å². The van der Waals surface area contributed by atoms with Gasteiger partial charge in [-0.2, -0.15) is 0 Å². The highest BCUT2D eigenvalue weighted by Crippen LogP contribution is 2.46. The van der Waals surface area contributed by atoms with E-state index in [0.29, 0.717) is 12.8 Å². The van der Waals surface area contributed by atoms with Crippen LogP contribution in [0.1, 0.15) is 53.4 Å². The van der Waals surface area contributed by atoms with E-state index in [2.05, 4.69) is 5.32 Å². The molecule has 10 nitrogen and oxygen atoms in total. The molecule has 3 aliphatic rings. The average molecular weight is 444 g/mol. The minimum absolute atomic E-state index is 0.0478. The number of β-lactam (4-membered cyclic amide) rings is 1. The Balaban J connectivity index is 1.81. The summed E-state index contributed by atoms with van der Waals surface area (Å²) >= 11 is 0. The first-order valence-electron chi connectivity index (χ1n) is 10.2. The summed E-state index contributed by atoms with van der Waals surface area (Å²) in [5.74, 6) is -2.64. The molecule has 30 heavy (non-hydrogen) atoms. The van der Waals surface area contributed by atoms with Crippen molar-refractivity contribution in [2.24, 2.45) is 5.92 Å². The number of nitrogens with one attached hydrogen (secondary N) is 1. The number of fused-ring (bicyclic) bond motifs is 1. The molecule has 0 aromatic rings. The standard InChI is InChI=1S/C19H29N3O7S/c1-10(2)8-11(18(26)27)20-16(24)12-6-5-7-21(12)17(25)15-19(3,4)30(28,29)14-9-13(23)22(14)15/h10-12,14-15H,5-9H2,1-4H3,(H,20,24)(H,26,27). The highest BCUT2D eigenvalue weighted by Gasteiger charge is 2.68. The molecule has 11 heteroatoms. The third-order valence-electron chi connectivity index (χ3n) is 6.37. The van der Waals surface area contributed by atoms with Crippen LogP contribution in [0.4, 0.5) is 0 Å². The smallest absolute Gasteiger partial charge is 0.326 e. The molecule has 4 unspecified atom stereocenters. The van der Waals surface area contributed by atoms with Crippen molar-refractivity contribution in [2.45, 2.75) is 81.6 Å². The molecule has 2 N–H and O–H groups in total. The van der Waals surface area contributed by atoms with Crippen LogP contribution >= 0.6 is 0 Å². The van der Waals surface area contributed by atoms with Crippen LogP contribution in [-0.2, 0) is 29.0 Å². The van der Waals surface area contributed by atoms with Gasteiger partial charge < -0.3 is 20.2 Å². The maximum Gasteiger partial charge on any atom is 0.326 e. The summed E-state index contributed by atoms with van der Waals surface area (Å²) in [4.78, 5) is 52.2. The van der Waals surface area contributed by atoms with Crippen molar-refractivity contribution in [1.82, 2.24) is 15.1 Å². The Bertz CT molecular complexity index is 883. The lowest BCUT2D eigenvalue weighted by Crippen LogP contribution is -2.62. The van der Waals surface area contributed by atoms with Crippen LogP contribution in [0.2, 0.25) is 0 Å². The number of aliphatic carboxylic acids is 1. The molecule has 0 bridgehead atoms. The van der Waals surface area contributed by atoms with Gasteiger partial charge in [0.1, 0.15) is 23.5 Å². The number of nitrogens with zero attached hydrogens (tertiary/aromatic N) is 2. The van der Waals surface area contributed by atoms with Crippen molar-refractivity contribution in [3.63, 3.8) is 0 Å². The summed E-state index contributed by atoms with van der Waals surface area (Å²) in [6.07, 6.45) is 1.00. The second-order valence-electron chi connectivity index (χ2n) is 9.23. The highest BCUT2D eigenvalue weighted by molar-refractivity contribution is 7.93. The van der Waals surface area contributed by atoms with Gasteiger partial charge in [-0.25, -0.2) is 13.2 Å². The van der Waals surface area contributed by atoms with Crippen LogP contribution in [0.3, 0.4) is 0 Å². The Hall–Kier alpha value is -2.17. The van der Waals surface area contributed by atoms with E-state index in [4.69, 9.17) is 0 Å². The maximum absolute atomic E-state index is 13.4. The predicted octanol–water partition coefficient (Wildman–Crippen LogP) is -0.273. The summed E-state index contributed by atoms with van der Waals surface area (Å²) in [5, 5.41) is 10.9. The Morgan fingerprint density at radius 2 is 1.90 bits per heavy atom. The number of carboxylic acid groups (broad SMARTS) is 1. The van der Waals surface area contributed by atoms with Gasteiger partial charge in [-0.05, 0) is 39.0 Å². The first-order chi connectivity index (χ1) is 13.8. The molecular formula is C19H29N3O7S. The zero-order chi connectivity index (χ0) is 22.6. The monoisotopic (exact) mass is 443 g/mol. The second-order valence-corrected chi connectivity index (χ2v) is 11.9. The van der Waals surface area contributed by atoms with Crippen molar-refractivity contribution in [2.75, 3.05) is 6.54 Å². The molecule has 4 atom stereocenters. The van der Waals surface area contributed by atoms with Gasteiger partial charge >= 0.3 is 5.97 Å². The van der Waals surface area contributed by atoms with E-state index in [1.165, 1.54) is 18.7 Å². The van der Waals surface area contributed by atoms with E-state index in [1.54, 1.807) is 0 Å². The van der Waals surface area contributed by atoms with Crippen molar-refractivity contribution >= 4 is 33.5 Å². The van der Waals surface area contributed by atoms with Crippen LogP contribution in [0.5, 0.6) is 0 Å².